The third kappa shape index (κ3) is 4.55. The highest BCUT2D eigenvalue weighted by atomic mass is 16.2. The first kappa shape index (κ1) is 19.6. The summed E-state index contributed by atoms with van der Waals surface area (Å²) in [5, 5.41) is 0. The van der Waals surface area contributed by atoms with E-state index in [4.69, 9.17) is 11.5 Å². The number of fused-ring (bicyclic) bond motifs is 1. The van der Waals surface area contributed by atoms with Crippen LogP contribution in [0.5, 0.6) is 0 Å². The van der Waals surface area contributed by atoms with Crippen molar-refractivity contribution in [2.75, 3.05) is 18.0 Å². The van der Waals surface area contributed by atoms with Crippen LogP contribution < -0.4 is 16.4 Å². The van der Waals surface area contributed by atoms with Crippen molar-refractivity contribution in [1.29, 1.82) is 0 Å². The van der Waals surface area contributed by atoms with Crippen LogP contribution in [-0.2, 0) is 27.3 Å². The van der Waals surface area contributed by atoms with Gasteiger partial charge in [-0.25, -0.2) is 0 Å². The number of benzene rings is 2. The van der Waals surface area contributed by atoms with Crippen LogP contribution >= 0.6 is 0 Å². The van der Waals surface area contributed by atoms with Gasteiger partial charge in [-0.15, -0.1) is 0 Å². The summed E-state index contributed by atoms with van der Waals surface area (Å²) in [6.07, 6.45) is 0.536. The first-order chi connectivity index (χ1) is 13.5. The molecule has 0 unspecified atom stereocenters. The van der Waals surface area contributed by atoms with Gasteiger partial charge in [0.2, 0.25) is 17.7 Å². The first-order valence-corrected chi connectivity index (χ1v) is 9.19. The Morgan fingerprint density at radius 1 is 0.964 bits per heavy atom. The molecular formula is C21H24N4O3. The fourth-order valence-electron chi connectivity index (χ4n) is 3.51. The predicted molar refractivity (Wildman–Crippen MR) is 106 cm³/mol. The Morgan fingerprint density at radius 3 is 2.25 bits per heavy atom. The number of primary amides is 2. The zero-order valence-electron chi connectivity index (χ0n) is 15.6. The molecule has 28 heavy (non-hydrogen) atoms. The average Bonchev–Trinajstić information content (AvgIpc) is 2.68. The number of hydrogen-bond donors (Lipinski definition) is 2. The number of carbonyl (C=O) groups excluding carboxylic acids is 3. The molecule has 3 rings (SSSR count). The number of rotatable bonds is 7. The van der Waals surface area contributed by atoms with Gasteiger partial charge in [0, 0.05) is 25.2 Å². The van der Waals surface area contributed by atoms with Gasteiger partial charge < -0.3 is 16.4 Å². The van der Waals surface area contributed by atoms with Crippen LogP contribution in [-0.4, -0.2) is 41.8 Å². The Morgan fingerprint density at radius 2 is 1.61 bits per heavy atom. The van der Waals surface area contributed by atoms with E-state index in [0.29, 0.717) is 18.7 Å². The molecule has 0 saturated heterocycles. The molecule has 0 bridgehead atoms. The van der Waals surface area contributed by atoms with E-state index >= 15 is 0 Å². The van der Waals surface area contributed by atoms with Crippen molar-refractivity contribution in [3.8, 4) is 0 Å². The maximum atomic E-state index is 13.1. The molecule has 0 aromatic heterocycles. The van der Waals surface area contributed by atoms with E-state index < -0.39 is 17.9 Å². The third-order valence-corrected chi connectivity index (χ3v) is 4.96. The summed E-state index contributed by atoms with van der Waals surface area (Å²) in [5.41, 5.74) is 13.7. The van der Waals surface area contributed by atoms with Gasteiger partial charge in [-0.05, 0) is 29.7 Å². The summed E-state index contributed by atoms with van der Waals surface area (Å²) in [4.78, 5) is 39.7. The van der Waals surface area contributed by atoms with Gasteiger partial charge in [-0.1, -0.05) is 42.5 Å². The molecule has 0 fully saturated rings. The van der Waals surface area contributed by atoms with Gasteiger partial charge in [0.1, 0.15) is 0 Å². The van der Waals surface area contributed by atoms with Crippen molar-refractivity contribution in [2.45, 2.75) is 25.4 Å². The zero-order valence-corrected chi connectivity index (χ0v) is 15.6. The number of amides is 3. The molecule has 1 aliphatic rings. The second-order valence-corrected chi connectivity index (χ2v) is 6.89. The van der Waals surface area contributed by atoms with E-state index in [2.05, 4.69) is 0 Å². The summed E-state index contributed by atoms with van der Waals surface area (Å²) in [6, 6.07) is 16.4. The highest BCUT2D eigenvalue weighted by molar-refractivity contribution is 5.96. The Bertz CT molecular complexity index is 869. The van der Waals surface area contributed by atoms with Crippen molar-refractivity contribution in [3.05, 3.63) is 65.7 Å². The minimum atomic E-state index is -0.549. The fourth-order valence-corrected chi connectivity index (χ4v) is 3.51. The van der Waals surface area contributed by atoms with Crippen molar-refractivity contribution < 1.29 is 14.4 Å². The van der Waals surface area contributed by atoms with Gasteiger partial charge in [0.15, 0.2) is 0 Å². The lowest BCUT2D eigenvalue weighted by Gasteiger charge is -2.36. The molecule has 4 N–H and O–H groups in total. The summed E-state index contributed by atoms with van der Waals surface area (Å²) in [7, 11) is 0. The molecule has 7 heteroatoms. The SMILES string of the molecule is NC(=O)CCN(C(=O)CN1Cc2ccccc2C[C@H]1C(N)=O)c1ccccc1. The van der Waals surface area contributed by atoms with Crippen LogP contribution in [0.4, 0.5) is 5.69 Å². The quantitative estimate of drug-likeness (QED) is 0.740. The van der Waals surface area contributed by atoms with E-state index in [1.807, 2.05) is 42.5 Å². The molecule has 0 saturated carbocycles. The van der Waals surface area contributed by atoms with Crippen LogP contribution in [0.25, 0.3) is 0 Å². The van der Waals surface area contributed by atoms with Crippen LogP contribution in [0.2, 0.25) is 0 Å². The smallest absolute Gasteiger partial charge is 0.241 e. The van der Waals surface area contributed by atoms with Gasteiger partial charge in [0.25, 0.3) is 0 Å². The molecule has 2 aromatic carbocycles. The van der Waals surface area contributed by atoms with E-state index in [1.54, 1.807) is 17.0 Å². The molecule has 1 atom stereocenters. The molecular weight excluding hydrogens is 356 g/mol. The van der Waals surface area contributed by atoms with Crippen molar-refractivity contribution in [3.63, 3.8) is 0 Å². The Labute approximate surface area is 163 Å². The van der Waals surface area contributed by atoms with Crippen LogP contribution in [0.15, 0.2) is 54.6 Å². The van der Waals surface area contributed by atoms with Gasteiger partial charge in [-0.2, -0.15) is 0 Å². The number of hydrogen-bond acceptors (Lipinski definition) is 4. The topological polar surface area (TPSA) is 110 Å². The highest BCUT2D eigenvalue weighted by Crippen LogP contribution is 2.24. The lowest BCUT2D eigenvalue weighted by Crippen LogP contribution is -2.52. The third-order valence-electron chi connectivity index (χ3n) is 4.96. The zero-order chi connectivity index (χ0) is 20.1. The predicted octanol–water partition coefficient (Wildman–Crippen LogP) is 0.807. The number of nitrogens with zero attached hydrogens (tertiary/aromatic N) is 2. The molecule has 1 heterocycles. The molecule has 2 aromatic rings. The van der Waals surface area contributed by atoms with E-state index in [-0.39, 0.29) is 25.4 Å². The summed E-state index contributed by atoms with van der Waals surface area (Å²) in [5.74, 6) is -1.14. The normalized spacial score (nSPS) is 16.2. The Balaban J connectivity index is 1.81. The van der Waals surface area contributed by atoms with Crippen LogP contribution in [0.1, 0.15) is 17.5 Å². The molecule has 1 aliphatic heterocycles. The minimum Gasteiger partial charge on any atom is -0.370 e. The van der Waals surface area contributed by atoms with Gasteiger partial charge in [-0.3, -0.25) is 19.3 Å². The summed E-state index contributed by atoms with van der Waals surface area (Å²) < 4.78 is 0. The fraction of sp³-hybridized carbons (Fsp3) is 0.286. The van der Waals surface area contributed by atoms with Gasteiger partial charge in [0.05, 0.1) is 12.6 Å². The second-order valence-electron chi connectivity index (χ2n) is 6.89. The molecule has 7 nitrogen and oxygen atoms in total. The van der Waals surface area contributed by atoms with Crippen LogP contribution in [0, 0.1) is 0 Å². The van der Waals surface area contributed by atoms with Crippen molar-refractivity contribution in [2.24, 2.45) is 11.5 Å². The van der Waals surface area contributed by atoms with Crippen molar-refractivity contribution >= 4 is 23.4 Å². The minimum absolute atomic E-state index is 0.0234. The van der Waals surface area contributed by atoms with Gasteiger partial charge >= 0.3 is 0 Å². The lowest BCUT2D eigenvalue weighted by molar-refractivity contribution is -0.126. The van der Waals surface area contributed by atoms with E-state index in [9.17, 15) is 14.4 Å². The maximum Gasteiger partial charge on any atom is 0.241 e. The lowest BCUT2D eigenvalue weighted by atomic mass is 9.93. The van der Waals surface area contributed by atoms with Crippen molar-refractivity contribution in [1.82, 2.24) is 4.90 Å². The van der Waals surface area contributed by atoms with Crippen LogP contribution in [0.3, 0.4) is 0 Å². The number of nitrogens with two attached hydrogens (primary N) is 2. The molecule has 0 aliphatic carbocycles. The number of para-hydroxylation sites is 1. The largest absolute Gasteiger partial charge is 0.370 e. The Hall–Kier alpha value is -3.19. The highest BCUT2D eigenvalue weighted by Gasteiger charge is 2.32. The maximum absolute atomic E-state index is 13.1. The second kappa shape index (κ2) is 8.67. The summed E-state index contributed by atoms with van der Waals surface area (Å²) in [6.45, 7) is 0.674. The number of carbonyl (C=O) groups is 3. The standard InChI is InChI=1S/C21H24N4O3/c22-19(26)10-11-25(17-8-2-1-3-9-17)20(27)14-24-13-16-7-5-4-6-15(16)12-18(24)21(23)28/h1-9,18H,10-14H2,(H2,22,26)(H2,23,28)/t18-/m0/s1. The number of anilines is 1. The first-order valence-electron chi connectivity index (χ1n) is 9.19. The molecule has 0 radical (unpaired) electrons. The molecule has 0 spiro atoms. The Kier molecular flexibility index (Phi) is 6.06. The molecule has 146 valence electrons. The summed E-state index contributed by atoms with van der Waals surface area (Å²) >= 11 is 0. The monoisotopic (exact) mass is 380 g/mol. The van der Waals surface area contributed by atoms with E-state index in [0.717, 1.165) is 11.1 Å². The molecule has 3 amide bonds. The van der Waals surface area contributed by atoms with E-state index in [1.165, 1.54) is 4.90 Å². The average molecular weight is 380 g/mol.